The third-order valence-corrected chi connectivity index (χ3v) is 4.74. The Morgan fingerprint density at radius 2 is 1.86 bits per heavy atom. The molecule has 114 valence electrons. The lowest BCUT2D eigenvalue weighted by atomic mass is 9.73. The number of hydrogen-bond acceptors (Lipinski definition) is 3. The van der Waals surface area contributed by atoms with Gasteiger partial charge in [0.15, 0.2) is 0 Å². The van der Waals surface area contributed by atoms with Gasteiger partial charge in [0.25, 0.3) is 0 Å². The molecule has 0 N–H and O–H groups in total. The van der Waals surface area contributed by atoms with E-state index in [1.165, 1.54) is 11.3 Å². The fraction of sp³-hybridized carbons (Fsp3) is 0.368. The van der Waals surface area contributed by atoms with Gasteiger partial charge in [-0.15, -0.1) is 0 Å². The van der Waals surface area contributed by atoms with Crippen molar-refractivity contribution < 1.29 is 0 Å². The van der Waals surface area contributed by atoms with Gasteiger partial charge in [0.1, 0.15) is 6.17 Å². The molecule has 2 unspecified atom stereocenters. The van der Waals surface area contributed by atoms with Crippen LogP contribution in [0, 0.1) is 18.3 Å². The van der Waals surface area contributed by atoms with E-state index in [4.69, 9.17) is 0 Å². The fourth-order valence-corrected chi connectivity index (χ4v) is 3.58. The maximum Gasteiger partial charge on any atom is 0.148 e. The van der Waals surface area contributed by atoms with Crippen LogP contribution >= 0.6 is 0 Å². The van der Waals surface area contributed by atoms with Crippen LogP contribution in [0.5, 0.6) is 0 Å². The van der Waals surface area contributed by atoms with Gasteiger partial charge in [-0.1, -0.05) is 50.3 Å². The van der Waals surface area contributed by atoms with Crippen molar-refractivity contribution in [2.75, 3.05) is 7.05 Å². The Morgan fingerprint density at radius 3 is 2.50 bits per heavy atom. The largest absolute Gasteiger partial charge is 0.354 e. The van der Waals surface area contributed by atoms with Gasteiger partial charge in [-0.2, -0.15) is 10.2 Å². The molecule has 1 heterocycles. The van der Waals surface area contributed by atoms with Crippen LogP contribution < -0.4 is 0 Å². The molecule has 0 amide bonds. The van der Waals surface area contributed by atoms with E-state index in [-0.39, 0.29) is 11.6 Å². The van der Waals surface area contributed by atoms with Crippen molar-refractivity contribution in [3.63, 3.8) is 0 Å². The normalized spacial score (nSPS) is 26.5. The number of allylic oxidation sites excluding steroid dienone is 4. The van der Waals surface area contributed by atoms with Gasteiger partial charge in [-0.3, -0.25) is 0 Å². The molecule has 0 saturated carbocycles. The van der Waals surface area contributed by atoms with Crippen LogP contribution in [0.2, 0.25) is 0 Å². The van der Waals surface area contributed by atoms with Gasteiger partial charge in [0, 0.05) is 24.1 Å². The first-order valence-electron chi connectivity index (χ1n) is 7.68. The summed E-state index contributed by atoms with van der Waals surface area (Å²) in [4.78, 5) is 2.23. The van der Waals surface area contributed by atoms with Crippen molar-refractivity contribution in [1.29, 1.82) is 0 Å². The topological polar surface area (TPSA) is 28.0 Å². The van der Waals surface area contributed by atoms with Crippen molar-refractivity contribution in [1.82, 2.24) is 4.90 Å². The molecule has 0 spiro atoms. The molecule has 2 aliphatic rings. The van der Waals surface area contributed by atoms with Crippen molar-refractivity contribution in [3.8, 4) is 0 Å². The van der Waals surface area contributed by atoms with Crippen LogP contribution in [-0.2, 0) is 0 Å². The molecule has 1 fully saturated rings. The van der Waals surface area contributed by atoms with Crippen LogP contribution in [0.1, 0.15) is 19.4 Å². The molecule has 0 bridgehead atoms. The number of aryl methyl sites for hydroxylation is 1. The molecule has 3 nitrogen and oxygen atoms in total. The number of azo groups is 1. The molecule has 1 aliphatic heterocycles. The summed E-state index contributed by atoms with van der Waals surface area (Å²) in [6.07, 6.45) is 6.35. The molecule has 22 heavy (non-hydrogen) atoms. The summed E-state index contributed by atoms with van der Waals surface area (Å²) in [6, 6.07) is 8.14. The molecule has 1 aliphatic carbocycles. The minimum atomic E-state index is -0.0311. The molecule has 0 aromatic heterocycles. The zero-order valence-electron chi connectivity index (χ0n) is 13.7. The van der Waals surface area contributed by atoms with Crippen LogP contribution in [-0.4, -0.2) is 18.1 Å². The molecular weight excluding hydrogens is 270 g/mol. The Labute approximate surface area is 132 Å². The standard InChI is InChI=1S/C19H23N3/c1-13-9-11-15(12-10-13)20-21-18-19(3,4)17-14(2)7-6-8-16(17)22(18)5/h6-12,17-18H,2H2,1,3-5H3. The number of hydrogen-bond donors (Lipinski definition) is 0. The Morgan fingerprint density at radius 1 is 1.18 bits per heavy atom. The zero-order chi connectivity index (χ0) is 15.9. The third kappa shape index (κ3) is 2.31. The van der Waals surface area contributed by atoms with Crippen LogP contribution in [0.25, 0.3) is 0 Å². The molecule has 3 heteroatoms. The molecule has 1 aromatic rings. The lowest BCUT2D eigenvalue weighted by Crippen LogP contribution is -2.33. The number of nitrogens with zero attached hydrogens (tertiary/aromatic N) is 3. The summed E-state index contributed by atoms with van der Waals surface area (Å²) in [6.45, 7) is 10.8. The van der Waals surface area contributed by atoms with Gasteiger partial charge in [-0.25, -0.2) is 0 Å². The lowest BCUT2D eigenvalue weighted by molar-refractivity contribution is 0.202. The SMILES string of the molecule is C=C1C=CC=C2C1C(C)(C)C(N=Nc1ccc(C)cc1)N2C. The highest BCUT2D eigenvalue weighted by Crippen LogP contribution is 2.51. The lowest BCUT2D eigenvalue weighted by Gasteiger charge is -2.30. The molecule has 2 atom stereocenters. The maximum absolute atomic E-state index is 4.66. The highest BCUT2D eigenvalue weighted by molar-refractivity contribution is 5.41. The molecule has 1 saturated heterocycles. The first-order valence-corrected chi connectivity index (χ1v) is 7.68. The second-order valence-corrected chi connectivity index (χ2v) is 6.82. The maximum atomic E-state index is 4.66. The number of likely N-dealkylation sites (tertiary alicyclic amines) is 1. The molecule has 1 aromatic carbocycles. The molecule has 3 rings (SSSR count). The van der Waals surface area contributed by atoms with Crippen molar-refractivity contribution in [3.05, 3.63) is 65.9 Å². The first-order chi connectivity index (χ1) is 10.4. The minimum Gasteiger partial charge on any atom is -0.354 e. The van der Waals surface area contributed by atoms with Gasteiger partial charge in [0.05, 0.1) is 5.69 Å². The highest BCUT2D eigenvalue weighted by atomic mass is 15.3. The minimum absolute atomic E-state index is 0.0155. The van der Waals surface area contributed by atoms with Crippen molar-refractivity contribution in [2.45, 2.75) is 26.9 Å². The Kier molecular flexibility index (Phi) is 3.51. The van der Waals surface area contributed by atoms with Gasteiger partial charge < -0.3 is 4.90 Å². The average molecular weight is 293 g/mol. The number of benzene rings is 1. The zero-order valence-corrected chi connectivity index (χ0v) is 13.7. The van der Waals surface area contributed by atoms with E-state index >= 15 is 0 Å². The smallest absolute Gasteiger partial charge is 0.148 e. The van der Waals surface area contributed by atoms with Crippen LogP contribution in [0.4, 0.5) is 5.69 Å². The second kappa shape index (κ2) is 5.24. The van der Waals surface area contributed by atoms with Crippen LogP contribution in [0.3, 0.4) is 0 Å². The average Bonchev–Trinajstić information content (AvgIpc) is 2.67. The van der Waals surface area contributed by atoms with E-state index in [2.05, 4.69) is 79.9 Å². The third-order valence-electron chi connectivity index (χ3n) is 4.74. The first kappa shape index (κ1) is 14.8. The molecule has 0 radical (unpaired) electrons. The molecular formula is C19H23N3. The predicted octanol–water partition coefficient (Wildman–Crippen LogP) is 5.00. The summed E-state index contributed by atoms with van der Waals surface area (Å²) in [5.74, 6) is 0.310. The van der Waals surface area contributed by atoms with E-state index in [9.17, 15) is 0 Å². The fourth-order valence-electron chi connectivity index (χ4n) is 3.58. The number of fused-ring (bicyclic) bond motifs is 1. The van der Waals surface area contributed by atoms with Gasteiger partial charge in [-0.05, 0) is 30.7 Å². The Hall–Kier alpha value is -2.16. The van der Waals surface area contributed by atoms with E-state index in [0.717, 1.165) is 11.3 Å². The van der Waals surface area contributed by atoms with Crippen molar-refractivity contribution >= 4 is 5.69 Å². The second-order valence-electron chi connectivity index (χ2n) is 6.82. The number of rotatable bonds is 2. The van der Waals surface area contributed by atoms with Gasteiger partial charge >= 0.3 is 0 Å². The Bertz CT molecular complexity index is 677. The van der Waals surface area contributed by atoms with E-state index in [0.29, 0.717) is 5.92 Å². The Balaban J connectivity index is 1.91. The summed E-state index contributed by atoms with van der Waals surface area (Å²) >= 11 is 0. The summed E-state index contributed by atoms with van der Waals surface area (Å²) in [7, 11) is 2.10. The predicted molar refractivity (Wildman–Crippen MR) is 90.9 cm³/mol. The monoisotopic (exact) mass is 293 g/mol. The van der Waals surface area contributed by atoms with E-state index in [1.54, 1.807) is 0 Å². The van der Waals surface area contributed by atoms with Crippen LogP contribution in [0.15, 0.2) is 70.6 Å². The van der Waals surface area contributed by atoms with E-state index in [1.807, 2.05) is 12.1 Å². The van der Waals surface area contributed by atoms with E-state index < -0.39 is 0 Å². The summed E-state index contributed by atoms with van der Waals surface area (Å²) in [5.41, 5.74) is 4.54. The quantitative estimate of drug-likeness (QED) is 0.705. The highest BCUT2D eigenvalue weighted by Gasteiger charge is 2.51. The summed E-state index contributed by atoms with van der Waals surface area (Å²) < 4.78 is 0. The van der Waals surface area contributed by atoms with Crippen molar-refractivity contribution in [2.24, 2.45) is 21.6 Å². The summed E-state index contributed by atoms with van der Waals surface area (Å²) in [5, 5.41) is 9.12. The van der Waals surface area contributed by atoms with Gasteiger partial charge in [0.2, 0.25) is 0 Å².